The first-order valence-electron chi connectivity index (χ1n) is 5.30. The molecule has 0 fully saturated rings. The largest absolute Gasteiger partial charge is 0.339 e. The second-order valence-electron chi connectivity index (χ2n) is 3.78. The normalized spacial score (nSPS) is 16.2. The van der Waals surface area contributed by atoms with Crippen molar-refractivity contribution in [1.29, 1.82) is 0 Å². The van der Waals surface area contributed by atoms with Gasteiger partial charge in [-0.05, 0) is 30.5 Å². The number of rotatable bonds is 1. The summed E-state index contributed by atoms with van der Waals surface area (Å²) >= 11 is 0. The molecule has 0 unspecified atom stereocenters. The molecule has 2 rings (SSSR count). The molecule has 0 aromatic heterocycles. The van der Waals surface area contributed by atoms with Crippen molar-refractivity contribution in [1.82, 2.24) is 4.90 Å². The highest BCUT2D eigenvalue weighted by Gasteiger charge is 2.22. The molecule has 15 heavy (non-hydrogen) atoms. The molecule has 0 radical (unpaired) electrons. The van der Waals surface area contributed by atoms with Gasteiger partial charge in [0.15, 0.2) is 0 Å². The van der Waals surface area contributed by atoms with Crippen molar-refractivity contribution in [2.45, 2.75) is 13.3 Å². The quantitative estimate of drug-likeness (QED) is 0.683. The molecule has 2 heteroatoms. The summed E-state index contributed by atoms with van der Waals surface area (Å²) in [7, 11) is 0. The predicted molar refractivity (Wildman–Crippen MR) is 61.7 cm³/mol. The lowest BCUT2D eigenvalue weighted by Crippen LogP contribution is -2.30. The van der Waals surface area contributed by atoms with Crippen LogP contribution in [0.2, 0.25) is 0 Å². The lowest BCUT2D eigenvalue weighted by atomic mass is 10.00. The Hall–Kier alpha value is -1.57. The minimum Gasteiger partial charge on any atom is -0.339 e. The van der Waals surface area contributed by atoms with Crippen LogP contribution in [0.5, 0.6) is 0 Å². The summed E-state index contributed by atoms with van der Waals surface area (Å²) in [5.74, 6) is 0.131. The summed E-state index contributed by atoms with van der Waals surface area (Å²) < 4.78 is 0. The monoisotopic (exact) mass is 201 g/mol. The molecule has 0 bridgehead atoms. The standard InChI is InChI=1S/C13H15NO/c1-3-14-9-8-10(2)11-6-4-5-7-12(11)13(14)15/h4-7H,2-3,8-9H2,1H3. The first-order valence-corrected chi connectivity index (χ1v) is 5.30. The van der Waals surface area contributed by atoms with Gasteiger partial charge in [-0.3, -0.25) is 4.79 Å². The third-order valence-corrected chi connectivity index (χ3v) is 2.89. The Balaban J connectivity index is 2.51. The smallest absolute Gasteiger partial charge is 0.254 e. The minimum atomic E-state index is 0.131. The third kappa shape index (κ3) is 1.67. The van der Waals surface area contributed by atoms with Crippen LogP contribution in [0.15, 0.2) is 30.8 Å². The van der Waals surface area contributed by atoms with E-state index in [1.807, 2.05) is 36.1 Å². The van der Waals surface area contributed by atoms with Crippen molar-refractivity contribution in [2.75, 3.05) is 13.1 Å². The zero-order chi connectivity index (χ0) is 10.8. The lowest BCUT2D eigenvalue weighted by Gasteiger charge is -2.17. The van der Waals surface area contributed by atoms with E-state index in [1.165, 1.54) is 0 Å². The van der Waals surface area contributed by atoms with Gasteiger partial charge in [0.2, 0.25) is 0 Å². The number of carbonyl (C=O) groups is 1. The molecular formula is C13H15NO. The molecular weight excluding hydrogens is 186 g/mol. The summed E-state index contributed by atoms with van der Waals surface area (Å²) in [4.78, 5) is 14.0. The molecule has 78 valence electrons. The highest BCUT2D eigenvalue weighted by molar-refractivity contribution is 6.00. The van der Waals surface area contributed by atoms with E-state index >= 15 is 0 Å². The molecule has 0 saturated carbocycles. The van der Waals surface area contributed by atoms with Gasteiger partial charge >= 0.3 is 0 Å². The molecule has 2 nitrogen and oxygen atoms in total. The number of amides is 1. The van der Waals surface area contributed by atoms with Gasteiger partial charge in [0.05, 0.1) is 0 Å². The number of fused-ring (bicyclic) bond motifs is 1. The molecule has 1 heterocycles. The van der Waals surface area contributed by atoms with Gasteiger partial charge in [0.25, 0.3) is 5.91 Å². The molecule has 1 aromatic carbocycles. The molecule has 0 spiro atoms. The zero-order valence-corrected chi connectivity index (χ0v) is 8.99. The van der Waals surface area contributed by atoms with Crippen LogP contribution >= 0.6 is 0 Å². The van der Waals surface area contributed by atoms with Crippen LogP contribution < -0.4 is 0 Å². The fourth-order valence-corrected chi connectivity index (χ4v) is 1.96. The van der Waals surface area contributed by atoms with Crippen molar-refractivity contribution < 1.29 is 4.79 Å². The number of hydrogen-bond donors (Lipinski definition) is 0. The Labute approximate surface area is 90.2 Å². The fraction of sp³-hybridized carbons (Fsp3) is 0.308. The summed E-state index contributed by atoms with van der Waals surface area (Å²) in [5.41, 5.74) is 2.87. The van der Waals surface area contributed by atoms with Crippen LogP contribution in [0.4, 0.5) is 0 Å². The van der Waals surface area contributed by atoms with E-state index in [-0.39, 0.29) is 5.91 Å². The highest BCUT2D eigenvalue weighted by atomic mass is 16.2. The molecule has 1 aliphatic heterocycles. The Morgan fingerprint density at radius 3 is 2.67 bits per heavy atom. The second kappa shape index (κ2) is 3.89. The van der Waals surface area contributed by atoms with Gasteiger partial charge in [0, 0.05) is 18.7 Å². The SMILES string of the molecule is C=C1CCN(CC)C(=O)c2ccccc21. The van der Waals surface area contributed by atoms with Crippen molar-refractivity contribution in [2.24, 2.45) is 0 Å². The number of carbonyl (C=O) groups excluding carboxylic acids is 1. The molecule has 1 aliphatic rings. The molecule has 0 saturated heterocycles. The summed E-state index contributed by atoms with van der Waals surface area (Å²) in [6, 6.07) is 7.73. The first-order chi connectivity index (χ1) is 7.24. The molecule has 0 N–H and O–H groups in total. The predicted octanol–water partition coefficient (Wildman–Crippen LogP) is 2.57. The average Bonchev–Trinajstić information content (AvgIpc) is 2.39. The first kappa shape index (κ1) is 9.97. The van der Waals surface area contributed by atoms with Crippen LogP contribution in [0, 0.1) is 0 Å². The van der Waals surface area contributed by atoms with E-state index in [0.717, 1.165) is 36.2 Å². The Bertz CT molecular complexity index is 409. The minimum absolute atomic E-state index is 0.131. The van der Waals surface area contributed by atoms with E-state index in [1.54, 1.807) is 0 Å². The summed E-state index contributed by atoms with van der Waals surface area (Å²) in [5, 5.41) is 0. The lowest BCUT2D eigenvalue weighted by molar-refractivity contribution is 0.0771. The van der Waals surface area contributed by atoms with Crippen LogP contribution in [0.25, 0.3) is 5.57 Å². The zero-order valence-electron chi connectivity index (χ0n) is 8.99. The fourth-order valence-electron chi connectivity index (χ4n) is 1.96. The van der Waals surface area contributed by atoms with E-state index in [2.05, 4.69) is 6.58 Å². The van der Waals surface area contributed by atoms with Gasteiger partial charge in [0.1, 0.15) is 0 Å². The maximum Gasteiger partial charge on any atom is 0.254 e. The van der Waals surface area contributed by atoms with Crippen LogP contribution in [0.3, 0.4) is 0 Å². The average molecular weight is 201 g/mol. The molecule has 0 aliphatic carbocycles. The van der Waals surface area contributed by atoms with E-state index in [9.17, 15) is 4.79 Å². The van der Waals surface area contributed by atoms with E-state index < -0.39 is 0 Å². The maximum atomic E-state index is 12.1. The van der Waals surface area contributed by atoms with Crippen molar-refractivity contribution >= 4 is 11.5 Å². The van der Waals surface area contributed by atoms with E-state index in [0.29, 0.717) is 0 Å². The van der Waals surface area contributed by atoms with Crippen molar-refractivity contribution in [3.63, 3.8) is 0 Å². The van der Waals surface area contributed by atoms with Crippen molar-refractivity contribution in [3.8, 4) is 0 Å². The Morgan fingerprint density at radius 2 is 2.00 bits per heavy atom. The van der Waals surface area contributed by atoms with Crippen molar-refractivity contribution in [3.05, 3.63) is 42.0 Å². The third-order valence-electron chi connectivity index (χ3n) is 2.89. The van der Waals surface area contributed by atoms with Crippen LogP contribution in [-0.4, -0.2) is 23.9 Å². The van der Waals surface area contributed by atoms with E-state index in [4.69, 9.17) is 0 Å². The van der Waals surface area contributed by atoms with Gasteiger partial charge in [-0.15, -0.1) is 0 Å². The van der Waals surface area contributed by atoms with Crippen LogP contribution in [0.1, 0.15) is 29.3 Å². The molecule has 0 atom stereocenters. The van der Waals surface area contributed by atoms with Gasteiger partial charge < -0.3 is 4.90 Å². The number of nitrogens with zero attached hydrogens (tertiary/aromatic N) is 1. The number of benzene rings is 1. The van der Waals surface area contributed by atoms with Gasteiger partial charge in [-0.25, -0.2) is 0 Å². The molecule has 1 aromatic rings. The number of hydrogen-bond acceptors (Lipinski definition) is 1. The van der Waals surface area contributed by atoms with Crippen LogP contribution in [-0.2, 0) is 0 Å². The Kier molecular flexibility index (Phi) is 2.58. The van der Waals surface area contributed by atoms with Gasteiger partial charge in [-0.2, -0.15) is 0 Å². The Morgan fingerprint density at radius 1 is 1.33 bits per heavy atom. The van der Waals surface area contributed by atoms with Gasteiger partial charge in [-0.1, -0.05) is 24.8 Å². The topological polar surface area (TPSA) is 20.3 Å². The second-order valence-corrected chi connectivity index (χ2v) is 3.78. The summed E-state index contributed by atoms with van der Waals surface area (Å²) in [6.07, 6.45) is 0.872. The summed E-state index contributed by atoms with van der Waals surface area (Å²) in [6.45, 7) is 7.59. The highest BCUT2D eigenvalue weighted by Crippen LogP contribution is 2.25. The molecule has 1 amide bonds. The maximum absolute atomic E-state index is 12.1.